The standard InChI is InChI=1S/C18H25N5O3/c1-2-23-17(19-12-20-23)16(13-3-4-13)21-18(24)14-9-15(26-11-14)10-22-5-7-25-8-6-22/h9,11-13,16H,2-8,10H2,1H3,(H,21,24)/t16-/m1/s1. The molecule has 0 bridgehead atoms. The zero-order valence-corrected chi connectivity index (χ0v) is 15.1. The van der Waals surface area contributed by atoms with Crippen LogP contribution in [0.4, 0.5) is 0 Å². The Hall–Kier alpha value is -2.19. The molecular weight excluding hydrogens is 334 g/mol. The fourth-order valence-corrected chi connectivity index (χ4v) is 3.37. The zero-order valence-electron chi connectivity index (χ0n) is 15.1. The van der Waals surface area contributed by atoms with Gasteiger partial charge in [-0.1, -0.05) is 0 Å². The molecule has 1 atom stereocenters. The molecule has 0 aromatic carbocycles. The molecule has 3 heterocycles. The highest BCUT2D eigenvalue weighted by Crippen LogP contribution is 2.40. The van der Waals surface area contributed by atoms with Crippen LogP contribution >= 0.6 is 0 Å². The molecule has 2 aromatic rings. The van der Waals surface area contributed by atoms with Crippen molar-refractivity contribution in [3.63, 3.8) is 0 Å². The number of nitrogens with zero attached hydrogens (tertiary/aromatic N) is 4. The Bertz CT molecular complexity index is 746. The largest absolute Gasteiger partial charge is 0.467 e. The first-order valence-electron chi connectivity index (χ1n) is 9.30. The summed E-state index contributed by atoms with van der Waals surface area (Å²) in [6, 6.07) is 1.74. The van der Waals surface area contributed by atoms with Crippen molar-refractivity contribution >= 4 is 5.91 Å². The minimum Gasteiger partial charge on any atom is -0.467 e. The molecule has 1 saturated heterocycles. The first-order valence-corrected chi connectivity index (χ1v) is 9.30. The Labute approximate surface area is 152 Å². The van der Waals surface area contributed by atoms with Gasteiger partial charge in [0.2, 0.25) is 0 Å². The number of morpholine rings is 1. The molecule has 26 heavy (non-hydrogen) atoms. The van der Waals surface area contributed by atoms with E-state index in [0.717, 1.165) is 57.3 Å². The first-order chi connectivity index (χ1) is 12.7. The van der Waals surface area contributed by atoms with Gasteiger partial charge in [0.1, 0.15) is 24.2 Å². The van der Waals surface area contributed by atoms with E-state index < -0.39 is 0 Å². The number of nitrogens with one attached hydrogen (secondary N) is 1. The number of aromatic nitrogens is 3. The Morgan fingerprint density at radius 1 is 1.38 bits per heavy atom. The summed E-state index contributed by atoms with van der Waals surface area (Å²) in [4.78, 5) is 19.4. The lowest BCUT2D eigenvalue weighted by atomic mass is 10.1. The number of hydrogen-bond donors (Lipinski definition) is 1. The molecule has 1 amide bonds. The van der Waals surface area contributed by atoms with Crippen molar-refractivity contribution in [2.45, 2.75) is 38.9 Å². The topological polar surface area (TPSA) is 85.4 Å². The number of furan rings is 1. The lowest BCUT2D eigenvalue weighted by Gasteiger charge is -2.25. The Morgan fingerprint density at radius 3 is 2.92 bits per heavy atom. The second-order valence-electron chi connectivity index (χ2n) is 6.91. The minimum atomic E-state index is -0.121. The number of amides is 1. The third-order valence-electron chi connectivity index (χ3n) is 5.00. The number of rotatable bonds is 7. The fourth-order valence-electron chi connectivity index (χ4n) is 3.37. The van der Waals surface area contributed by atoms with E-state index in [4.69, 9.17) is 9.15 Å². The maximum atomic E-state index is 12.7. The summed E-state index contributed by atoms with van der Waals surface area (Å²) in [6.07, 6.45) is 5.31. The number of hydrogen-bond acceptors (Lipinski definition) is 6. The van der Waals surface area contributed by atoms with Gasteiger partial charge in [-0.05, 0) is 31.7 Å². The van der Waals surface area contributed by atoms with E-state index in [1.165, 1.54) is 0 Å². The summed E-state index contributed by atoms with van der Waals surface area (Å²) in [5.74, 6) is 1.95. The number of aryl methyl sites for hydroxylation is 1. The van der Waals surface area contributed by atoms with Gasteiger partial charge < -0.3 is 14.5 Å². The monoisotopic (exact) mass is 359 g/mol. The van der Waals surface area contributed by atoms with Gasteiger partial charge in [-0.3, -0.25) is 9.69 Å². The van der Waals surface area contributed by atoms with Gasteiger partial charge in [-0.25, -0.2) is 9.67 Å². The SMILES string of the molecule is CCn1ncnc1[C@H](NC(=O)c1coc(CN2CCOCC2)c1)C1CC1. The van der Waals surface area contributed by atoms with E-state index in [9.17, 15) is 4.79 Å². The van der Waals surface area contributed by atoms with Crippen molar-refractivity contribution in [2.24, 2.45) is 5.92 Å². The second kappa shape index (κ2) is 7.59. The van der Waals surface area contributed by atoms with Gasteiger partial charge in [0.15, 0.2) is 0 Å². The molecule has 8 nitrogen and oxygen atoms in total. The molecule has 2 fully saturated rings. The smallest absolute Gasteiger partial charge is 0.255 e. The maximum absolute atomic E-state index is 12.7. The van der Waals surface area contributed by atoms with Crippen LogP contribution < -0.4 is 5.32 Å². The summed E-state index contributed by atoms with van der Waals surface area (Å²) in [7, 11) is 0. The van der Waals surface area contributed by atoms with Gasteiger partial charge in [0, 0.05) is 19.6 Å². The van der Waals surface area contributed by atoms with E-state index in [2.05, 4.69) is 20.3 Å². The van der Waals surface area contributed by atoms with Crippen molar-refractivity contribution in [3.8, 4) is 0 Å². The van der Waals surface area contributed by atoms with Crippen LogP contribution in [0.3, 0.4) is 0 Å². The molecule has 1 aliphatic heterocycles. The van der Waals surface area contributed by atoms with Gasteiger partial charge in [-0.15, -0.1) is 0 Å². The molecule has 1 saturated carbocycles. The first kappa shape index (κ1) is 17.2. The summed E-state index contributed by atoms with van der Waals surface area (Å²) in [5.41, 5.74) is 0.557. The van der Waals surface area contributed by atoms with Crippen LogP contribution in [0.1, 0.15) is 47.7 Å². The highest BCUT2D eigenvalue weighted by atomic mass is 16.5. The van der Waals surface area contributed by atoms with Crippen molar-refractivity contribution in [1.82, 2.24) is 25.0 Å². The van der Waals surface area contributed by atoms with E-state index in [1.54, 1.807) is 12.6 Å². The van der Waals surface area contributed by atoms with Crippen LogP contribution in [0.5, 0.6) is 0 Å². The minimum absolute atomic E-state index is 0.0949. The van der Waals surface area contributed by atoms with Crippen molar-refractivity contribution in [2.75, 3.05) is 26.3 Å². The van der Waals surface area contributed by atoms with Crippen LogP contribution in [0.2, 0.25) is 0 Å². The highest BCUT2D eigenvalue weighted by molar-refractivity contribution is 5.94. The average molecular weight is 359 g/mol. The van der Waals surface area contributed by atoms with Crippen LogP contribution in [0, 0.1) is 5.92 Å². The molecule has 4 rings (SSSR count). The van der Waals surface area contributed by atoms with Crippen LogP contribution in [-0.4, -0.2) is 51.9 Å². The van der Waals surface area contributed by atoms with Crippen molar-refractivity contribution < 1.29 is 13.9 Å². The van der Waals surface area contributed by atoms with Crippen LogP contribution in [-0.2, 0) is 17.8 Å². The lowest BCUT2D eigenvalue weighted by molar-refractivity contribution is 0.0313. The Balaban J connectivity index is 1.42. The summed E-state index contributed by atoms with van der Waals surface area (Å²) in [6.45, 7) is 6.73. The predicted octanol–water partition coefficient (Wildman–Crippen LogP) is 1.60. The number of carbonyl (C=O) groups excluding carboxylic acids is 1. The quantitative estimate of drug-likeness (QED) is 0.808. The average Bonchev–Trinajstić information content (AvgIpc) is 3.21. The predicted molar refractivity (Wildman–Crippen MR) is 93.4 cm³/mol. The van der Waals surface area contributed by atoms with Crippen LogP contribution in [0.15, 0.2) is 23.1 Å². The molecule has 8 heteroatoms. The fraction of sp³-hybridized carbons (Fsp3) is 0.611. The molecule has 1 N–H and O–H groups in total. The van der Waals surface area contributed by atoms with Crippen molar-refractivity contribution in [1.29, 1.82) is 0 Å². The molecule has 0 spiro atoms. The molecular formula is C18H25N5O3. The molecule has 140 valence electrons. The lowest BCUT2D eigenvalue weighted by Crippen LogP contribution is -2.35. The molecule has 0 unspecified atom stereocenters. The normalized spacial score (nSPS) is 19.4. The molecule has 1 aliphatic carbocycles. The van der Waals surface area contributed by atoms with Gasteiger partial charge in [0.25, 0.3) is 5.91 Å². The summed E-state index contributed by atoms with van der Waals surface area (Å²) < 4.78 is 12.8. The third-order valence-corrected chi connectivity index (χ3v) is 5.00. The van der Waals surface area contributed by atoms with E-state index in [0.29, 0.717) is 18.0 Å². The molecule has 2 aliphatic rings. The number of ether oxygens (including phenoxy) is 1. The second-order valence-corrected chi connectivity index (χ2v) is 6.91. The highest BCUT2D eigenvalue weighted by Gasteiger charge is 2.36. The van der Waals surface area contributed by atoms with E-state index >= 15 is 0 Å². The third kappa shape index (κ3) is 3.81. The number of carbonyl (C=O) groups is 1. The Morgan fingerprint density at radius 2 is 2.19 bits per heavy atom. The van der Waals surface area contributed by atoms with Gasteiger partial charge in [0.05, 0.1) is 31.4 Å². The molecule has 2 aromatic heterocycles. The van der Waals surface area contributed by atoms with E-state index in [1.807, 2.05) is 17.7 Å². The van der Waals surface area contributed by atoms with Crippen molar-refractivity contribution in [3.05, 3.63) is 35.8 Å². The zero-order chi connectivity index (χ0) is 17.9. The Kier molecular flexibility index (Phi) is 5.03. The van der Waals surface area contributed by atoms with Gasteiger partial charge in [-0.2, -0.15) is 5.10 Å². The maximum Gasteiger partial charge on any atom is 0.255 e. The van der Waals surface area contributed by atoms with E-state index in [-0.39, 0.29) is 11.9 Å². The summed E-state index contributed by atoms with van der Waals surface area (Å²) >= 11 is 0. The van der Waals surface area contributed by atoms with Crippen LogP contribution in [0.25, 0.3) is 0 Å². The molecule has 0 radical (unpaired) electrons. The van der Waals surface area contributed by atoms with Gasteiger partial charge >= 0.3 is 0 Å². The summed E-state index contributed by atoms with van der Waals surface area (Å²) in [5, 5.41) is 7.37.